The van der Waals surface area contributed by atoms with E-state index in [9.17, 15) is 0 Å². The maximum Gasteiger partial charge on any atom is 2.00 e. The second-order valence-corrected chi connectivity index (χ2v) is 3.04. The third-order valence-electron chi connectivity index (χ3n) is 2.10. The molecule has 1 aromatic carbocycles. The topological polar surface area (TPSA) is 30.5 Å². The van der Waals surface area contributed by atoms with Crippen molar-refractivity contribution >= 4 is 48.9 Å². The second kappa shape index (κ2) is 6.05. The number of ether oxygens (including phenoxy) is 2. The van der Waals surface area contributed by atoms with Crippen molar-refractivity contribution in [1.29, 1.82) is 0 Å². The Morgan fingerprint density at radius 1 is 1.29 bits per heavy atom. The number of hydrogen-bond acceptors (Lipinski definition) is 3. The van der Waals surface area contributed by atoms with Gasteiger partial charge in [0, 0.05) is 0 Å². The van der Waals surface area contributed by atoms with Crippen LogP contribution in [0, 0.1) is 0 Å². The minimum Gasteiger partial charge on any atom is -0.454 e. The quantitative estimate of drug-likeness (QED) is 0.837. The van der Waals surface area contributed by atoms with E-state index in [2.05, 4.69) is 11.4 Å². The largest absolute Gasteiger partial charge is 2.00 e. The molecule has 1 aliphatic rings. The van der Waals surface area contributed by atoms with E-state index in [0.29, 0.717) is 6.79 Å². The van der Waals surface area contributed by atoms with Crippen molar-refractivity contribution in [3.8, 4) is 11.5 Å². The summed E-state index contributed by atoms with van der Waals surface area (Å²) in [6, 6.07) is 6.08. The van der Waals surface area contributed by atoms with Crippen LogP contribution < -0.4 is 14.8 Å². The molecule has 0 atom stereocenters. The van der Waals surface area contributed by atoms with Gasteiger partial charge in [0.05, 0.1) is 0 Å². The Hall–Kier alpha value is 0.351. The first-order valence-electron chi connectivity index (χ1n) is 4.43. The summed E-state index contributed by atoms with van der Waals surface area (Å²) in [5.74, 6) is 1.72. The van der Waals surface area contributed by atoms with E-state index < -0.39 is 0 Å². The van der Waals surface area contributed by atoms with Gasteiger partial charge in [-0.05, 0) is 37.7 Å². The van der Waals surface area contributed by atoms with E-state index in [0.717, 1.165) is 24.5 Å². The van der Waals surface area contributed by atoms with E-state index >= 15 is 0 Å². The second-order valence-electron chi connectivity index (χ2n) is 3.04. The molecule has 1 heterocycles. The third kappa shape index (κ3) is 2.92. The fourth-order valence-corrected chi connectivity index (χ4v) is 1.37. The minimum absolute atomic E-state index is 0. The average molecular weight is 317 g/mol. The number of likely N-dealkylation sites (N-methyl/N-ethyl adjacent to an activating group) is 1. The van der Waals surface area contributed by atoms with E-state index in [4.69, 9.17) is 9.47 Å². The Morgan fingerprint density at radius 3 is 2.86 bits per heavy atom. The van der Waals surface area contributed by atoms with Crippen molar-refractivity contribution in [2.45, 2.75) is 6.42 Å². The first-order chi connectivity index (χ1) is 6.40. The normalized spacial score (nSPS) is 12.4. The molecule has 3 nitrogen and oxygen atoms in total. The van der Waals surface area contributed by atoms with Gasteiger partial charge < -0.3 is 14.8 Å². The van der Waals surface area contributed by atoms with Gasteiger partial charge in [-0.1, -0.05) is 6.07 Å². The molecule has 1 aromatic rings. The fourth-order valence-electron chi connectivity index (χ4n) is 1.37. The molecule has 0 radical (unpaired) electrons. The smallest absolute Gasteiger partial charge is 0.454 e. The zero-order chi connectivity index (χ0) is 9.10. The minimum atomic E-state index is 0. The summed E-state index contributed by atoms with van der Waals surface area (Å²) in [7, 11) is 1.95. The molecule has 1 N–H and O–H groups in total. The Morgan fingerprint density at radius 2 is 2.07 bits per heavy atom. The average Bonchev–Trinajstić information content (AvgIpc) is 2.61. The zero-order valence-corrected chi connectivity index (χ0v) is 12.8. The van der Waals surface area contributed by atoms with Gasteiger partial charge in [0.1, 0.15) is 0 Å². The summed E-state index contributed by atoms with van der Waals surface area (Å²) < 4.78 is 10.5. The fraction of sp³-hybridized carbons (Fsp3) is 0.400. The van der Waals surface area contributed by atoms with E-state index in [1.54, 1.807) is 0 Å². The van der Waals surface area contributed by atoms with Crippen LogP contribution in [0.2, 0.25) is 0 Å². The molecule has 2 rings (SSSR count). The van der Waals surface area contributed by atoms with Gasteiger partial charge in [0.2, 0.25) is 6.79 Å². The maximum absolute atomic E-state index is 5.28. The Balaban J connectivity index is 0.000000980. The van der Waals surface area contributed by atoms with Gasteiger partial charge >= 0.3 is 48.9 Å². The SMILES string of the molecule is CNCCc1ccc2c(c1)OCO2.[Ba+2]. The summed E-state index contributed by atoms with van der Waals surface area (Å²) in [4.78, 5) is 0. The van der Waals surface area contributed by atoms with E-state index in [-0.39, 0.29) is 48.9 Å². The molecule has 0 bridgehead atoms. The van der Waals surface area contributed by atoms with Crippen molar-refractivity contribution in [2.75, 3.05) is 20.4 Å². The number of fused-ring (bicyclic) bond motifs is 1. The van der Waals surface area contributed by atoms with Crippen LogP contribution in [0.25, 0.3) is 0 Å². The van der Waals surface area contributed by atoms with Crippen LogP contribution in [0.15, 0.2) is 18.2 Å². The first-order valence-corrected chi connectivity index (χ1v) is 4.43. The van der Waals surface area contributed by atoms with Crippen molar-refractivity contribution < 1.29 is 9.47 Å². The monoisotopic (exact) mass is 317 g/mol. The molecule has 1 aliphatic heterocycles. The third-order valence-corrected chi connectivity index (χ3v) is 2.10. The van der Waals surface area contributed by atoms with Crippen LogP contribution in [0.5, 0.6) is 11.5 Å². The number of nitrogens with one attached hydrogen (secondary N) is 1. The summed E-state index contributed by atoms with van der Waals surface area (Å²) in [5.41, 5.74) is 1.28. The Bertz CT molecular complexity index is 304. The van der Waals surface area contributed by atoms with Crippen LogP contribution in [0.3, 0.4) is 0 Å². The molecule has 0 spiro atoms. The molecule has 0 fully saturated rings. The summed E-state index contributed by atoms with van der Waals surface area (Å²) in [6.07, 6.45) is 1.02. The first kappa shape index (κ1) is 12.4. The van der Waals surface area contributed by atoms with Gasteiger partial charge in [0.25, 0.3) is 0 Å². The predicted molar refractivity (Wildman–Crippen MR) is 55.9 cm³/mol. The molecule has 0 unspecified atom stereocenters. The zero-order valence-electron chi connectivity index (χ0n) is 8.38. The molecule has 0 aliphatic carbocycles. The maximum atomic E-state index is 5.28. The standard InChI is InChI=1S/C10H13NO2.Ba/c1-11-5-4-8-2-3-9-10(6-8)13-7-12-9;/h2-3,6,11H,4-5,7H2,1H3;/q;+2. The van der Waals surface area contributed by atoms with Crippen LogP contribution in [-0.4, -0.2) is 69.3 Å². The molecule has 0 aromatic heterocycles. The van der Waals surface area contributed by atoms with E-state index in [1.165, 1.54) is 5.56 Å². The number of hydrogen-bond donors (Lipinski definition) is 1. The molecular weight excluding hydrogens is 303 g/mol. The van der Waals surface area contributed by atoms with Gasteiger partial charge in [-0.15, -0.1) is 0 Å². The Labute approximate surface area is 124 Å². The molecule has 0 saturated carbocycles. The van der Waals surface area contributed by atoms with Crippen molar-refractivity contribution in [3.63, 3.8) is 0 Å². The van der Waals surface area contributed by atoms with Crippen LogP contribution in [0.4, 0.5) is 0 Å². The number of benzene rings is 1. The molecule has 0 saturated heterocycles. The summed E-state index contributed by atoms with van der Waals surface area (Å²) >= 11 is 0. The van der Waals surface area contributed by atoms with Gasteiger partial charge in [-0.25, -0.2) is 0 Å². The molecular formula is C10H13BaNO2+2. The van der Waals surface area contributed by atoms with Crippen LogP contribution in [0.1, 0.15) is 5.56 Å². The summed E-state index contributed by atoms with van der Waals surface area (Å²) in [6.45, 7) is 1.34. The van der Waals surface area contributed by atoms with Gasteiger partial charge in [0.15, 0.2) is 11.5 Å². The van der Waals surface area contributed by atoms with Crippen molar-refractivity contribution in [3.05, 3.63) is 23.8 Å². The predicted octanol–water partition coefficient (Wildman–Crippen LogP) is 0.796. The van der Waals surface area contributed by atoms with Gasteiger partial charge in [-0.3, -0.25) is 0 Å². The van der Waals surface area contributed by atoms with Crippen LogP contribution in [-0.2, 0) is 6.42 Å². The van der Waals surface area contributed by atoms with Crippen molar-refractivity contribution in [1.82, 2.24) is 5.32 Å². The Kier molecular flexibility index (Phi) is 5.37. The van der Waals surface area contributed by atoms with Crippen molar-refractivity contribution in [2.24, 2.45) is 0 Å². The molecule has 14 heavy (non-hydrogen) atoms. The molecule has 70 valence electrons. The molecule has 0 amide bonds. The molecule has 4 heteroatoms. The summed E-state index contributed by atoms with van der Waals surface area (Å²) in [5, 5.41) is 3.11. The van der Waals surface area contributed by atoms with Gasteiger partial charge in [-0.2, -0.15) is 0 Å². The number of rotatable bonds is 3. The van der Waals surface area contributed by atoms with E-state index in [1.807, 2.05) is 19.2 Å². The van der Waals surface area contributed by atoms with Crippen LogP contribution >= 0.6 is 0 Å².